The Morgan fingerprint density at radius 3 is 2.62 bits per heavy atom. The van der Waals surface area contributed by atoms with Gasteiger partial charge in [0, 0.05) is 12.0 Å². The number of aryl methyl sites for hydroxylation is 1. The van der Waals surface area contributed by atoms with Crippen LogP contribution in [0, 0.1) is 3.57 Å². The van der Waals surface area contributed by atoms with Crippen molar-refractivity contribution in [2.24, 2.45) is 0 Å². The minimum Gasteiger partial charge on any atom is -0.310 e. The molecule has 0 spiro atoms. The van der Waals surface area contributed by atoms with Crippen molar-refractivity contribution in [3.8, 4) is 11.3 Å². The quantitative estimate of drug-likeness (QED) is 0.863. The van der Waals surface area contributed by atoms with Crippen LogP contribution >= 0.6 is 22.6 Å². The summed E-state index contributed by atoms with van der Waals surface area (Å²) >= 11 is 2.04. The molecule has 4 heteroatoms. The zero-order valence-electron chi connectivity index (χ0n) is 8.83. The van der Waals surface area contributed by atoms with Crippen molar-refractivity contribution in [3.63, 3.8) is 0 Å². The molecule has 0 amide bonds. The average molecular weight is 326 g/mol. The van der Waals surface area contributed by atoms with E-state index in [4.69, 9.17) is 0 Å². The van der Waals surface area contributed by atoms with Gasteiger partial charge in [0.05, 0.1) is 5.69 Å². The predicted octanol–water partition coefficient (Wildman–Crippen LogP) is 2.60. The monoisotopic (exact) mass is 326 g/mol. The van der Waals surface area contributed by atoms with Gasteiger partial charge in [0.2, 0.25) is 0 Å². The van der Waals surface area contributed by atoms with Crippen LogP contribution in [0.3, 0.4) is 0 Å². The molecule has 0 saturated carbocycles. The van der Waals surface area contributed by atoms with Crippen molar-refractivity contribution in [1.29, 1.82) is 0 Å². The van der Waals surface area contributed by atoms with Gasteiger partial charge in [-0.25, -0.2) is 4.98 Å². The van der Waals surface area contributed by atoms with Crippen molar-refractivity contribution in [2.75, 3.05) is 0 Å². The molecule has 1 aromatic heterocycles. The minimum absolute atomic E-state index is 0.0636. The summed E-state index contributed by atoms with van der Waals surface area (Å²) in [6.07, 6.45) is 0.728. The molecule has 2 rings (SSSR count). The van der Waals surface area contributed by atoms with Gasteiger partial charge in [-0.2, -0.15) is 0 Å². The van der Waals surface area contributed by atoms with Crippen LogP contribution in [0.2, 0.25) is 0 Å². The van der Waals surface area contributed by atoms with Gasteiger partial charge in [-0.05, 0) is 22.6 Å². The second-order valence-corrected chi connectivity index (χ2v) is 4.47. The molecule has 0 aliphatic heterocycles. The topological polar surface area (TPSA) is 45.8 Å². The Kier molecular flexibility index (Phi) is 3.38. The maximum Gasteiger partial charge on any atom is 0.264 e. The van der Waals surface area contributed by atoms with Gasteiger partial charge in [-0.15, -0.1) is 0 Å². The molecule has 82 valence electrons. The first kappa shape index (κ1) is 11.3. The molecule has 0 saturated heterocycles. The molecule has 1 N–H and O–H groups in total. The number of nitrogens with one attached hydrogen (secondary N) is 1. The summed E-state index contributed by atoms with van der Waals surface area (Å²) in [5.41, 5.74) is 1.68. The fraction of sp³-hybridized carbons (Fsp3) is 0.167. The van der Waals surface area contributed by atoms with Crippen molar-refractivity contribution >= 4 is 22.6 Å². The van der Waals surface area contributed by atoms with E-state index in [0.29, 0.717) is 3.57 Å². The number of hydrogen-bond acceptors (Lipinski definition) is 2. The van der Waals surface area contributed by atoms with Crippen LogP contribution in [0.5, 0.6) is 0 Å². The normalized spacial score (nSPS) is 10.4. The number of H-pyrrole nitrogens is 1. The van der Waals surface area contributed by atoms with E-state index >= 15 is 0 Å². The average Bonchev–Trinajstić information content (AvgIpc) is 2.33. The molecule has 16 heavy (non-hydrogen) atoms. The van der Waals surface area contributed by atoms with E-state index in [-0.39, 0.29) is 5.56 Å². The Bertz CT molecular complexity index is 549. The van der Waals surface area contributed by atoms with Gasteiger partial charge in [0.15, 0.2) is 0 Å². The minimum atomic E-state index is -0.0636. The molecule has 0 atom stereocenters. The Morgan fingerprint density at radius 2 is 2.00 bits per heavy atom. The summed E-state index contributed by atoms with van der Waals surface area (Å²) in [6.45, 7) is 1.97. The summed E-state index contributed by atoms with van der Waals surface area (Å²) in [5, 5.41) is 0. The summed E-state index contributed by atoms with van der Waals surface area (Å²) in [6, 6.07) is 9.76. The van der Waals surface area contributed by atoms with Gasteiger partial charge in [0.25, 0.3) is 5.56 Å². The van der Waals surface area contributed by atoms with Gasteiger partial charge in [0.1, 0.15) is 9.39 Å². The third-order valence-electron chi connectivity index (χ3n) is 2.29. The third kappa shape index (κ3) is 2.16. The number of aromatic amines is 1. The number of benzene rings is 1. The molecule has 0 radical (unpaired) electrons. The third-order valence-corrected chi connectivity index (χ3v) is 3.29. The van der Waals surface area contributed by atoms with Crippen LogP contribution < -0.4 is 5.56 Å². The number of hydrogen-bond donors (Lipinski definition) is 1. The van der Waals surface area contributed by atoms with Crippen LogP contribution in [0.25, 0.3) is 11.3 Å². The molecule has 0 aliphatic rings. The lowest BCUT2D eigenvalue weighted by atomic mass is 10.1. The molecule has 0 bridgehead atoms. The molecular weight excluding hydrogens is 315 g/mol. The van der Waals surface area contributed by atoms with Crippen LogP contribution in [-0.2, 0) is 6.42 Å². The van der Waals surface area contributed by atoms with E-state index in [1.807, 2.05) is 59.8 Å². The molecule has 2 aromatic rings. The Morgan fingerprint density at radius 1 is 1.31 bits per heavy atom. The summed E-state index contributed by atoms with van der Waals surface area (Å²) in [7, 11) is 0. The highest BCUT2D eigenvalue weighted by Gasteiger charge is 2.09. The Hall–Kier alpha value is -1.17. The van der Waals surface area contributed by atoms with Gasteiger partial charge >= 0.3 is 0 Å². The lowest BCUT2D eigenvalue weighted by Gasteiger charge is -2.05. The number of nitrogens with zero attached hydrogens (tertiary/aromatic N) is 1. The fourth-order valence-electron chi connectivity index (χ4n) is 1.46. The van der Waals surface area contributed by atoms with Gasteiger partial charge in [-0.3, -0.25) is 4.79 Å². The molecule has 0 unspecified atom stereocenters. The molecule has 1 heterocycles. The highest BCUT2D eigenvalue weighted by Crippen LogP contribution is 2.19. The van der Waals surface area contributed by atoms with E-state index in [2.05, 4.69) is 9.97 Å². The van der Waals surface area contributed by atoms with E-state index in [1.54, 1.807) is 0 Å². The smallest absolute Gasteiger partial charge is 0.264 e. The van der Waals surface area contributed by atoms with Gasteiger partial charge < -0.3 is 4.98 Å². The highest BCUT2D eigenvalue weighted by molar-refractivity contribution is 14.1. The second kappa shape index (κ2) is 4.78. The maximum absolute atomic E-state index is 11.7. The first-order chi connectivity index (χ1) is 7.72. The highest BCUT2D eigenvalue weighted by atomic mass is 127. The largest absolute Gasteiger partial charge is 0.310 e. The SMILES string of the molecule is CCc1nc(-c2ccccc2)c(I)c(=O)[nH]1. The summed E-state index contributed by atoms with van der Waals surface area (Å²) in [5.74, 6) is 0.726. The lowest BCUT2D eigenvalue weighted by molar-refractivity contribution is 0.917. The Balaban J connectivity index is 2.65. The summed E-state index contributed by atoms with van der Waals surface area (Å²) < 4.78 is 0.640. The van der Waals surface area contributed by atoms with Gasteiger partial charge in [-0.1, -0.05) is 37.3 Å². The lowest BCUT2D eigenvalue weighted by Crippen LogP contribution is -2.15. The van der Waals surface area contributed by atoms with E-state index < -0.39 is 0 Å². The van der Waals surface area contributed by atoms with Crippen LogP contribution in [-0.4, -0.2) is 9.97 Å². The zero-order chi connectivity index (χ0) is 11.5. The van der Waals surface area contributed by atoms with Crippen molar-refractivity contribution < 1.29 is 0 Å². The van der Waals surface area contributed by atoms with E-state index in [0.717, 1.165) is 23.5 Å². The van der Waals surface area contributed by atoms with Crippen LogP contribution in [0.1, 0.15) is 12.7 Å². The number of aromatic nitrogens is 2. The van der Waals surface area contributed by atoms with Crippen LogP contribution in [0.4, 0.5) is 0 Å². The molecule has 0 fully saturated rings. The van der Waals surface area contributed by atoms with Crippen LogP contribution in [0.15, 0.2) is 35.1 Å². The molecule has 0 aliphatic carbocycles. The number of rotatable bonds is 2. The summed E-state index contributed by atoms with van der Waals surface area (Å²) in [4.78, 5) is 18.9. The first-order valence-corrected chi connectivity index (χ1v) is 6.14. The van der Waals surface area contributed by atoms with E-state index in [1.165, 1.54) is 0 Å². The molecule has 3 nitrogen and oxygen atoms in total. The fourth-order valence-corrected chi connectivity index (χ4v) is 2.03. The zero-order valence-corrected chi connectivity index (χ0v) is 11.0. The molecule has 1 aromatic carbocycles. The van der Waals surface area contributed by atoms with Crippen molar-refractivity contribution in [2.45, 2.75) is 13.3 Å². The van der Waals surface area contributed by atoms with E-state index in [9.17, 15) is 4.79 Å². The Labute approximate surface area is 107 Å². The molecular formula is C12H11IN2O. The predicted molar refractivity (Wildman–Crippen MR) is 72.4 cm³/mol. The first-order valence-electron chi connectivity index (χ1n) is 5.06. The second-order valence-electron chi connectivity index (χ2n) is 3.39. The number of halogens is 1. The van der Waals surface area contributed by atoms with Crippen molar-refractivity contribution in [3.05, 3.63) is 50.1 Å². The maximum atomic E-state index is 11.7. The van der Waals surface area contributed by atoms with Crippen molar-refractivity contribution in [1.82, 2.24) is 9.97 Å². The standard InChI is InChI=1S/C12H11IN2O/c1-2-9-14-11(10(13)12(16)15-9)8-6-4-3-5-7-8/h3-7H,2H2,1H3,(H,14,15,16).